The predicted octanol–water partition coefficient (Wildman–Crippen LogP) is 3.47. The van der Waals surface area contributed by atoms with Gasteiger partial charge in [0.15, 0.2) is 5.78 Å². The van der Waals surface area contributed by atoms with Gasteiger partial charge in [-0.1, -0.05) is 0 Å². The Kier molecular flexibility index (Phi) is 4.53. The normalized spacial score (nSPS) is 19.6. The van der Waals surface area contributed by atoms with Crippen LogP contribution in [0.15, 0.2) is 12.1 Å². The number of aromatic nitrogens is 4. The smallest absolute Gasteiger partial charge is 0.253 e. The molecule has 8 heteroatoms. The zero-order chi connectivity index (χ0) is 18.2. The zero-order valence-corrected chi connectivity index (χ0v) is 14.5. The van der Waals surface area contributed by atoms with Gasteiger partial charge in [0.2, 0.25) is 5.92 Å². The Balaban J connectivity index is 1.93. The topological polar surface area (TPSA) is 72.7 Å². The van der Waals surface area contributed by atoms with Crippen molar-refractivity contribution in [2.75, 3.05) is 5.32 Å². The van der Waals surface area contributed by atoms with Crippen LogP contribution in [-0.4, -0.2) is 37.5 Å². The van der Waals surface area contributed by atoms with E-state index >= 15 is 0 Å². The van der Waals surface area contributed by atoms with Crippen molar-refractivity contribution in [1.29, 1.82) is 0 Å². The lowest BCUT2D eigenvalue weighted by atomic mass is 9.92. The van der Waals surface area contributed by atoms with Gasteiger partial charge in [0.25, 0.3) is 5.95 Å². The van der Waals surface area contributed by atoms with Gasteiger partial charge in [-0.25, -0.2) is 18.4 Å². The summed E-state index contributed by atoms with van der Waals surface area (Å²) in [6, 6.07) is 3.00. The Hall–Kier alpha value is -2.38. The summed E-state index contributed by atoms with van der Waals surface area (Å²) >= 11 is 0. The molecule has 2 heterocycles. The predicted molar refractivity (Wildman–Crippen MR) is 89.5 cm³/mol. The number of Topliss-reactive ketones (excluding diaryl/α,β-unsaturated/α-hetero) is 1. The molecular formula is C17H21F2N5O. The minimum atomic E-state index is -2.66. The Bertz CT molecular complexity index is 802. The minimum absolute atomic E-state index is 0.0787. The molecule has 0 bridgehead atoms. The molecule has 0 spiro atoms. The fourth-order valence-electron chi connectivity index (χ4n) is 3.12. The molecule has 25 heavy (non-hydrogen) atoms. The van der Waals surface area contributed by atoms with Crippen LogP contribution in [-0.2, 0) is 0 Å². The van der Waals surface area contributed by atoms with E-state index in [2.05, 4.69) is 20.4 Å². The number of ketones is 1. The molecule has 1 aliphatic carbocycles. The van der Waals surface area contributed by atoms with Gasteiger partial charge >= 0.3 is 0 Å². The Morgan fingerprint density at radius 2 is 2.08 bits per heavy atom. The SMILES string of the molecule is CC(=O)c1cc(NC2CCCC(F)(F)C2)nc(-n2nc(C)cc2C)n1. The molecule has 2 aromatic heterocycles. The lowest BCUT2D eigenvalue weighted by molar-refractivity contribution is -0.0373. The molecule has 3 rings (SSSR count). The van der Waals surface area contributed by atoms with Crippen molar-refractivity contribution in [3.8, 4) is 5.95 Å². The first-order valence-electron chi connectivity index (χ1n) is 8.31. The number of hydrogen-bond acceptors (Lipinski definition) is 5. The molecule has 0 amide bonds. The maximum atomic E-state index is 13.6. The van der Waals surface area contributed by atoms with Gasteiger partial charge in [0, 0.05) is 37.6 Å². The maximum Gasteiger partial charge on any atom is 0.253 e. The summed E-state index contributed by atoms with van der Waals surface area (Å²) in [6.07, 6.45) is 0.788. The van der Waals surface area contributed by atoms with Gasteiger partial charge < -0.3 is 5.32 Å². The lowest BCUT2D eigenvalue weighted by Gasteiger charge is -2.29. The van der Waals surface area contributed by atoms with Crippen LogP contribution in [0.1, 0.15) is 54.5 Å². The highest BCUT2D eigenvalue weighted by Crippen LogP contribution is 2.34. The highest BCUT2D eigenvalue weighted by atomic mass is 19.3. The first kappa shape index (κ1) is 17.4. The molecule has 1 N–H and O–H groups in total. The van der Waals surface area contributed by atoms with Crippen molar-refractivity contribution >= 4 is 11.6 Å². The van der Waals surface area contributed by atoms with Crippen molar-refractivity contribution in [3.63, 3.8) is 0 Å². The van der Waals surface area contributed by atoms with Gasteiger partial charge in [-0.05, 0) is 32.8 Å². The molecule has 1 aliphatic rings. The fraction of sp³-hybridized carbons (Fsp3) is 0.529. The average molecular weight is 349 g/mol. The number of carbonyl (C=O) groups excluding carboxylic acids is 1. The molecule has 0 saturated heterocycles. The second kappa shape index (κ2) is 6.50. The van der Waals surface area contributed by atoms with Crippen LogP contribution in [0.4, 0.5) is 14.6 Å². The Morgan fingerprint density at radius 1 is 1.32 bits per heavy atom. The lowest BCUT2D eigenvalue weighted by Crippen LogP contribution is -2.34. The first-order valence-corrected chi connectivity index (χ1v) is 8.31. The average Bonchev–Trinajstić information content (AvgIpc) is 2.84. The van der Waals surface area contributed by atoms with Crippen LogP contribution in [0, 0.1) is 13.8 Å². The molecule has 2 aromatic rings. The summed E-state index contributed by atoms with van der Waals surface area (Å²) in [4.78, 5) is 20.4. The quantitative estimate of drug-likeness (QED) is 0.856. The summed E-state index contributed by atoms with van der Waals surface area (Å²) in [7, 11) is 0. The number of nitrogens with zero attached hydrogens (tertiary/aromatic N) is 4. The van der Waals surface area contributed by atoms with Crippen LogP contribution in [0.2, 0.25) is 0 Å². The molecular weight excluding hydrogens is 328 g/mol. The van der Waals surface area contributed by atoms with Crippen LogP contribution in [0.3, 0.4) is 0 Å². The van der Waals surface area contributed by atoms with E-state index in [1.807, 2.05) is 19.9 Å². The van der Waals surface area contributed by atoms with Gasteiger partial charge in [-0.3, -0.25) is 4.79 Å². The third-order valence-corrected chi connectivity index (χ3v) is 4.27. The van der Waals surface area contributed by atoms with Gasteiger partial charge in [-0.2, -0.15) is 10.1 Å². The summed E-state index contributed by atoms with van der Waals surface area (Å²) < 4.78 is 28.8. The third-order valence-electron chi connectivity index (χ3n) is 4.27. The van der Waals surface area contributed by atoms with Crippen molar-refractivity contribution in [2.24, 2.45) is 0 Å². The number of halogens is 2. The summed E-state index contributed by atoms with van der Waals surface area (Å²) in [5.74, 6) is -2.26. The van der Waals surface area contributed by atoms with E-state index in [0.717, 1.165) is 11.4 Å². The number of hydrogen-bond donors (Lipinski definition) is 1. The van der Waals surface area contributed by atoms with Crippen LogP contribution < -0.4 is 5.32 Å². The van der Waals surface area contributed by atoms with E-state index < -0.39 is 5.92 Å². The van der Waals surface area contributed by atoms with Crippen LogP contribution >= 0.6 is 0 Å². The standard InChI is InChI=1S/C17H21F2N5O/c1-10-7-11(2)24(23-10)16-21-14(12(3)25)8-15(22-16)20-13-5-4-6-17(18,19)9-13/h7-8,13H,4-6,9H2,1-3H3,(H,20,21,22). The third kappa shape index (κ3) is 4.00. The second-order valence-electron chi connectivity index (χ2n) is 6.63. The fourth-order valence-corrected chi connectivity index (χ4v) is 3.12. The molecule has 1 fully saturated rings. The number of alkyl halides is 2. The van der Waals surface area contributed by atoms with E-state index in [0.29, 0.717) is 18.7 Å². The summed E-state index contributed by atoms with van der Waals surface area (Å²) in [5.41, 5.74) is 1.85. The van der Waals surface area contributed by atoms with E-state index in [4.69, 9.17) is 0 Å². The highest BCUT2D eigenvalue weighted by molar-refractivity contribution is 5.92. The van der Waals surface area contributed by atoms with Gasteiger partial charge in [0.05, 0.1) is 5.69 Å². The molecule has 134 valence electrons. The number of nitrogens with one attached hydrogen (secondary N) is 1. The monoisotopic (exact) mass is 349 g/mol. The molecule has 0 radical (unpaired) electrons. The van der Waals surface area contributed by atoms with Gasteiger partial charge in [-0.15, -0.1) is 0 Å². The van der Waals surface area contributed by atoms with Crippen molar-refractivity contribution in [2.45, 2.75) is 58.4 Å². The van der Waals surface area contributed by atoms with E-state index in [-0.39, 0.29) is 36.3 Å². The molecule has 0 aliphatic heterocycles. The van der Waals surface area contributed by atoms with Crippen LogP contribution in [0.5, 0.6) is 0 Å². The number of anilines is 1. The Morgan fingerprint density at radius 3 is 2.68 bits per heavy atom. The zero-order valence-electron chi connectivity index (χ0n) is 14.5. The molecule has 1 unspecified atom stereocenters. The minimum Gasteiger partial charge on any atom is -0.367 e. The van der Waals surface area contributed by atoms with E-state index in [9.17, 15) is 13.6 Å². The van der Waals surface area contributed by atoms with E-state index in [1.165, 1.54) is 13.0 Å². The second-order valence-corrected chi connectivity index (χ2v) is 6.63. The molecule has 1 saturated carbocycles. The summed E-state index contributed by atoms with van der Waals surface area (Å²) in [5, 5.41) is 7.37. The van der Waals surface area contributed by atoms with Crippen molar-refractivity contribution < 1.29 is 13.6 Å². The Labute approximate surface area is 144 Å². The number of aryl methyl sites for hydroxylation is 2. The highest BCUT2D eigenvalue weighted by Gasteiger charge is 2.36. The van der Waals surface area contributed by atoms with Gasteiger partial charge in [0.1, 0.15) is 11.5 Å². The number of rotatable bonds is 4. The van der Waals surface area contributed by atoms with Crippen molar-refractivity contribution in [3.05, 3.63) is 29.2 Å². The first-order chi connectivity index (χ1) is 11.7. The number of carbonyl (C=O) groups is 1. The molecule has 6 nitrogen and oxygen atoms in total. The largest absolute Gasteiger partial charge is 0.367 e. The molecule has 1 atom stereocenters. The maximum absolute atomic E-state index is 13.6. The van der Waals surface area contributed by atoms with Crippen molar-refractivity contribution in [1.82, 2.24) is 19.7 Å². The summed E-state index contributed by atoms with van der Waals surface area (Å²) in [6.45, 7) is 5.12. The van der Waals surface area contributed by atoms with E-state index in [1.54, 1.807) is 4.68 Å². The molecule has 0 aromatic carbocycles. The van der Waals surface area contributed by atoms with Crippen LogP contribution in [0.25, 0.3) is 5.95 Å².